The second-order valence-electron chi connectivity index (χ2n) is 5.56. The molecule has 7 nitrogen and oxygen atoms in total. The number of anilines is 1. The second kappa shape index (κ2) is 6.15. The fraction of sp³-hybridized carbons (Fsp3) is 0.615. The molecule has 1 heterocycles. The van der Waals surface area contributed by atoms with Crippen molar-refractivity contribution in [1.82, 2.24) is 9.97 Å². The van der Waals surface area contributed by atoms with Gasteiger partial charge in [0.15, 0.2) is 0 Å². The van der Waals surface area contributed by atoms with Gasteiger partial charge in [-0.3, -0.25) is 5.32 Å². The number of aromatic nitrogens is 2. The van der Waals surface area contributed by atoms with Gasteiger partial charge in [-0.05, 0) is 27.7 Å². The summed E-state index contributed by atoms with van der Waals surface area (Å²) in [6.07, 6.45) is 2.53. The molecule has 1 atom stereocenters. The Bertz CT molecular complexity index is 450. The maximum absolute atomic E-state index is 11.6. The van der Waals surface area contributed by atoms with Crippen LogP contribution in [0.25, 0.3) is 0 Å². The minimum atomic E-state index is -0.648. The van der Waals surface area contributed by atoms with Gasteiger partial charge in [-0.15, -0.1) is 0 Å². The molecule has 112 valence electrons. The molecular weight excluding hydrogens is 260 g/mol. The summed E-state index contributed by atoms with van der Waals surface area (Å²) >= 11 is 0. The normalized spacial score (nSPS) is 14.5. The molecule has 0 radical (unpaired) electrons. The number of nitrogens with zero attached hydrogens (tertiary/aromatic N) is 2. The number of carbonyl (C=O) groups excluding carboxylic acids is 1. The smallest absolute Gasteiger partial charge is 0.414 e. The number of methoxy groups -OCH3 is 1. The summed E-state index contributed by atoms with van der Waals surface area (Å²) in [6, 6.07) is 0. The highest BCUT2D eigenvalue weighted by atomic mass is 16.6. The van der Waals surface area contributed by atoms with Crippen LogP contribution >= 0.6 is 0 Å². The predicted octanol–water partition coefficient (Wildman–Crippen LogP) is 1.64. The summed E-state index contributed by atoms with van der Waals surface area (Å²) in [4.78, 5) is 19.7. The van der Waals surface area contributed by atoms with E-state index in [1.165, 1.54) is 0 Å². The summed E-state index contributed by atoms with van der Waals surface area (Å²) in [5.74, 6) is 0.165. The zero-order chi connectivity index (χ0) is 15.4. The van der Waals surface area contributed by atoms with Crippen molar-refractivity contribution in [3.05, 3.63) is 18.0 Å². The molecular formula is C13H22N4O3. The lowest BCUT2D eigenvalue weighted by molar-refractivity contribution is 0.00953. The summed E-state index contributed by atoms with van der Waals surface area (Å²) in [7, 11) is 1.57. The number of ether oxygens (including phenoxy) is 2. The first-order valence-corrected chi connectivity index (χ1v) is 6.28. The van der Waals surface area contributed by atoms with E-state index >= 15 is 0 Å². The van der Waals surface area contributed by atoms with E-state index in [4.69, 9.17) is 15.2 Å². The quantitative estimate of drug-likeness (QED) is 0.871. The Kier molecular flexibility index (Phi) is 5.02. The van der Waals surface area contributed by atoms with Gasteiger partial charge in [0.2, 0.25) is 5.95 Å². The Balaban J connectivity index is 2.75. The topological polar surface area (TPSA) is 99.4 Å². The van der Waals surface area contributed by atoms with Gasteiger partial charge in [0.05, 0.1) is 0 Å². The van der Waals surface area contributed by atoms with E-state index in [2.05, 4.69) is 15.3 Å². The fourth-order valence-electron chi connectivity index (χ4n) is 1.38. The van der Waals surface area contributed by atoms with E-state index in [-0.39, 0.29) is 5.95 Å². The average Bonchev–Trinajstić information content (AvgIpc) is 2.36. The molecule has 20 heavy (non-hydrogen) atoms. The van der Waals surface area contributed by atoms with E-state index in [1.54, 1.807) is 40.3 Å². The lowest BCUT2D eigenvalue weighted by atomic mass is 9.99. The maximum Gasteiger partial charge on any atom is 0.414 e. The zero-order valence-corrected chi connectivity index (χ0v) is 12.6. The first-order chi connectivity index (χ1) is 9.20. The van der Waals surface area contributed by atoms with Crippen LogP contribution in [0.1, 0.15) is 33.3 Å². The van der Waals surface area contributed by atoms with E-state index < -0.39 is 17.3 Å². The average molecular weight is 282 g/mol. The maximum atomic E-state index is 11.6. The fourth-order valence-corrected chi connectivity index (χ4v) is 1.38. The van der Waals surface area contributed by atoms with E-state index in [9.17, 15) is 4.79 Å². The highest BCUT2D eigenvalue weighted by Crippen LogP contribution is 2.22. The molecule has 0 aliphatic heterocycles. The molecule has 0 saturated carbocycles. The van der Waals surface area contributed by atoms with Crippen LogP contribution in [-0.4, -0.2) is 35.3 Å². The summed E-state index contributed by atoms with van der Waals surface area (Å²) in [5, 5.41) is 2.46. The van der Waals surface area contributed by atoms with Crippen LogP contribution in [0.5, 0.6) is 0 Å². The molecule has 7 heteroatoms. The molecule has 0 bridgehead atoms. The van der Waals surface area contributed by atoms with Crippen LogP contribution in [0.15, 0.2) is 12.4 Å². The van der Waals surface area contributed by atoms with Gasteiger partial charge < -0.3 is 15.2 Å². The third-order valence-corrected chi connectivity index (χ3v) is 2.72. The van der Waals surface area contributed by atoms with Gasteiger partial charge in [-0.1, -0.05) is 0 Å². The molecule has 0 fully saturated rings. The van der Waals surface area contributed by atoms with Crippen LogP contribution in [0.4, 0.5) is 10.7 Å². The van der Waals surface area contributed by atoms with Crippen molar-refractivity contribution in [2.75, 3.05) is 19.0 Å². The van der Waals surface area contributed by atoms with E-state index in [0.29, 0.717) is 6.54 Å². The first kappa shape index (κ1) is 16.3. The standard InChI is InChI=1S/C13H22N4O3/c1-12(2,3)20-11(18)17-10-15-6-9(7-16-10)13(4,8-14)19-5/h6-7H,8,14H2,1-5H3,(H,15,16,17,18). The molecule has 1 amide bonds. The first-order valence-electron chi connectivity index (χ1n) is 6.28. The number of carbonyl (C=O) groups is 1. The van der Waals surface area contributed by atoms with Gasteiger partial charge in [0, 0.05) is 31.6 Å². The van der Waals surface area contributed by atoms with Crippen molar-refractivity contribution in [2.24, 2.45) is 5.73 Å². The monoisotopic (exact) mass is 282 g/mol. The molecule has 0 aliphatic rings. The van der Waals surface area contributed by atoms with E-state index in [1.807, 2.05) is 6.92 Å². The number of nitrogens with one attached hydrogen (secondary N) is 1. The molecule has 0 saturated heterocycles. The number of nitrogens with two attached hydrogens (primary N) is 1. The molecule has 1 unspecified atom stereocenters. The van der Waals surface area contributed by atoms with Crippen molar-refractivity contribution in [2.45, 2.75) is 38.9 Å². The van der Waals surface area contributed by atoms with Gasteiger partial charge in [-0.25, -0.2) is 14.8 Å². The SMILES string of the molecule is COC(C)(CN)c1cnc(NC(=O)OC(C)(C)C)nc1. The van der Waals surface area contributed by atoms with Crippen molar-refractivity contribution in [3.63, 3.8) is 0 Å². The van der Waals surface area contributed by atoms with Crippen LogP contribution in [0.2, 0.25) is 0 Å². The molecule has 0 spiro atoms. The molecule has 1 rings (SSSR count). The van der Waals surface area contributed by atoms with Crippen molar-refractivity contribution in [1.29, 1.82) is 0 Å². The van der Waals surface area contributed by atoms with Crippen molar-refractivity contribution >= 4 is 12.0 Å². The highest BCUT2D eigenvalue weighted by Gasteiger charge is 2.25. The molecule has 1 aromatic rings. The van der Waals surface area contributed by atoms with Gasteiger partial charge in [-0.2, -0.15) is 0 Å². The second-order valence-corrected chi connectivity index (χ2v) is 5.56. The van der Waals surface area contributed by atoms with Crippen LogP contribution in [-0.2, 0) is 15.1 Å². The number of hydrogen-bond donors (Lipinski definition) is 2. The predicted molar refractivity (Wildman–Crippen MR) is 75.3 cm³/mol. The zero-order valence-electron chi connectivity index (χ0n) is 12.6. The third-order valence-electron chi connectivity index (χ3n) is 2.72. The minimum absolute atomic E-state index is 0.165. The minimum Gasteiger partial charge on any atom is -0.444 e. The van der Waals surface area contributed by atoms with E-state index in [0.717, 1.165) is 5.56 Å². The Morgan fingerprint density at radius 3 is 2.25 bits per heavy atom. The Hall–Kier alpha value is -1.73. The molecule has 0 aromatic carbocycles. The van der Waals surface area contributed by atoms with Crippen LogP contribution in [0.3, 0.4) is 0 Å². The van der Waals surface area contributed by atoms with Crippen molar-refractivity contribution < 1.29 is 14.3 Å². The Morgan fingerprint density at radius 1 is 1.30 bits per heavy atom. The summed E-state index contributed by atoms with van der Waals surface area (Å²) < 4.78 is 10.4. The van der Waals surface area contributed by atoms with Crippen molar-refractivity contribution in [3.8, 4) is 0 Å². The van der Waals surface area contributed by atoms with Crippen LogP contribution in [0, 0.1) is 0 Å². The Labute approximate surface area is 118 Å². The third kappa shape index (κ3) is 4.43. The number of hydrogen-bond acceptors (Lipinski definition) is 6. The van der Waals surface area contributed by atoms with Crippen LogP contribution < -0.4 is 11.1 Å². The number of rotatable bonds is 4. The summed E-state index contributed by atoms with van der Waals surface area (Å²) in [5.41, 5.74) is 5.18. The lowest BCUT2D eigenvalue weighted by Crippen LogP contribution is -2.34. The highest BCUT2D eigenvalue weighted by molar-refractivity contribution is 5.82. The van der Waals surface area contributed by atoms with Gasteiger partial charge in [0.25, 0.3) is 0 Å². The van der Waals surface area contributed by atoms with Gasteiger partial charge in [0.1, 0.15) is 11.2 Å². The summed E-state index contributed by atoms with van der Waals surface area (Å²) in [6.45, 7) is 7.48. The molecule has 3 N–H and O–H groups in total. The Morgan fingerprint density at radius 2 is 1.85 bits per heavy atom. The largest absolute Gasteiger partial charge is 0.444 e. The lowest BCUT2D eigenvalue weighted by Gasteiger charge is -2.26. The number of amides is 1. The molecule has 0 aliphatic carbocycles. The molecule has 1 aromatic heterocycles. The van der Waals surface area contributed by atoms with Gasteiger partial charge >= 0.3 is 6.09 Å².